The van der Waals surface area contributed by atoms with E-state index in [2.05, 4.69) is 20.9 Å². The van der Waals surface area contributed by atoms with Gasteiger partial charge in [-0.05, 0) is 35.0 Å². The van der Waals surface area contributed by atoms with Crippen molar-refractivity contribution >= 4 is 21.6 Å². The predicted octanol–water partition coefficient (Wildman–Crippen LogP) is 0.968. The highest BCUT2D eigenvalue weighted by Gasteiger charge is 2.10. The largest absolute Gasteiger partial charge is 0.396 e. The smallest absolute Gasteiger partial charge is 0.0881 e. The van der Waals surface area contributed by atoms with Crippen molar-refractivity contribution in [3.05, 3.63) is 33.7 Å². The fourth-order valence-electron chi connectivity index (χ4n) is 1.45. The van der Waals surface area contributed by atoms with Gasteiger partial charge in [-0.2, -0.15) is 0 Å². The van der Waals surface area contributed by atoms with E-state index >= 15 is 0 Å². The second kappa shape index (κ2) is 6.00. The standard InChI is InChI=1S/C11H17BrN4O/c1-7-8(12)3-4-9(15-7)11(13)10(5-6-17)16(2)14/h3-4,17H,5-6,13-14H2,1-2H3/b11-10-. The van der Waals surface area contributed by atoms with E-state index < -0.39 is 0 Å². The van der Waals surface area contributed by atoms with Crippen LogP contribution < -0.4 is 11.6 Å². The summed E-state index contributed by atoms with van der Waals surface area (Å²) in [4.78, 5) is 4.36. The van der Waals surface area contributed by atoms with Crippen LogP contribution in [0.15, 0.2) is 22.3 Å². The van der Waals surface area contributed by atoms with Gasteiger partial charge >= 0.3 is 0 Å². The number of hydrogen-bond donors (Lipinski definition) is 3. The summed E-state index contributed by atoms with van der Waals surface area (Å²) in [5.74, 6) is 5.68. The van der Waals surface area contributed by atoms with Gasteiger partial charge in [-0.15, -0.1) is 0 Å². The number of aliphatic hydroxyl groups excluding tert-OH is 1. The van der Waals surface area contributed by atoms with Gasteiger partial charge in [-0.25, -0.2) is 5.84 Å². The molecule has 0 bridgehead atoms. The van der Waals surface area contributed by atoms with Crippen LogP contribution >= 0.6 is 15.9 Å². The number of hydrazine groups is 1. The van der Waals surface area contributed by atoms with E-state index in [9.17, 15) is 0 Å². The fraction of sp³-hybridized carbons (Fsp3) is 0.364. The number of nitrogens with zero attached hydrogens (tertiary/aromatic N) is 2. The van der Waals surface area contributed by atoms with Crippen molar-refractivity contribution in [1.82, 2.24) is 9.99 Å². The number of hydrogen-bond acceptors (Lipinski definition) is 5. The quantitative estimate of drug-likeness (QED) is 0.569. The maximum atomic E-state index is 8.98. The number of rotatable bonds is 4. The normalized spacial score (nSPS) is 12.3. The Labute approximate surface area is 109 Å². The summed E-state index contributed by atoms with van der Waals surface area (Å²) in [5.41, 5.74) is 8.68. The molecule has 0 aromatic carbocycles. The zero-order valence-corrected chi connectivity index (χ0v) is 11.5. The fourth-order valence-corrected chi connectivity index (χ4v) is 1.67. The molecule has 0 saturated carbocycles. The van der Waals surface area contributed by atoms with Crippen LogP contribution in [0.25, 0.3) is 5.70 Å². The Kier molecular flexibility index (Phi) is 4.92. The highest BCUT2D eigenvalue weighted by molar-refractivity contribution is 9.10. The average Bonchev–Trinajstić information content (AvgIpc) is 2.28. The molecule has 6 heteroatoms. The van der Waals surface area contributed by atoms with E-state index in [0.29, 0.717) is 23.5 Å². The van der Waals surface area contributed by atoms with Crippen LogP contribution in [-0.2, 0) is 0 Å². The van der Waals surface area contributed by atoms with Crippen LogP contribution in [0.5, 0.6) is 0 Å². The molecular weight excluding hydrogens is 284 g/mol. The van der Waals surface area contributed by atoms with Crippen molar-refractivity contribution in [3.8, 4) is 0 Å². The van der Waals surface area contributed by atoms with E-state index in [0.717, 1.165) is 10.2 Å². The lowest BCUT2D eigenvalue weighted by molar-refractivity contribution is 0.280. The van der Waals surface area contributed by atoms with Gasteiger partial charge in [0.2, 0.25) is 0 Å². The molecule has 1 heterocycles. The third kappa shape index (κ3) is 3.42. The molecule has 0 radical (unpaired) electrons. The van der Waals surface area contributed by atoms with Crippen LogP contribution in [0.2, 0.25) is 0 Å². The van der Waals surface area contributed by atoms with E-state index in [-0.39, 0.29) is 6.61 Å². The molecule has 0 aliphatic heterocycles. The molecule has 5 nitrogen and oxygen atoms in total. The zero-order chi connectivity index (χ0) is 13.0. The van der Waals surface area contributed by atoms with Crippen LogP contribution in [0.1, 0.15) is 17.8 Å². The number of nitrogens with two attached hydrogens (primary N) is 2. The summed E-state index contributed by atoms with van der Waals surface area (Å²) in [7, 11) is 1.68. The van der Waals surface area contributed by atoms with Gasteiger partial charge in [0.25, 0.3) is 0 Å². The van der Waals surface area contributed by atoms with Crippen molar-refractivity contribution in [2.45, 2.75) is 13.3 Å². The number of aliphatic hydroxyl groups is 1. The van der Waals surface area contributed by atoms with Crippen molar-refractivity contribution in [2.75, 3.05) is 13.7 Å². The van der Waals surface area contributed by atoms with E-state index in [1.807, 2.05) is 19.1 Å². The van der Waals surface area contributed by atoms with Gasteiger partial charge in [0, 0.05) is 24.5 Å². The summed E-state index contributed by atoms with van der Waals surface area (Å²) in [6.07, 6.45) is 0.398. The van der Waals surface area contributed by atoms with E-state index in [1.54, 1.807) is 7.05 Å². The molecule has 1 aromatic heterocycles. The Morgan fingerprint density at radius 1 is 1.53 bits per heavy atom. The number of aromatic nitrogens is 1. The monoisotopic (exact) mass is 300 g/mol. The van der Waals surface area contributed by atoms with Crippen molar-refractivity contribution in [1.29, 1.82) is 0 Å². The van der Waals surface area contributed by atoms with Gasteiger partial charge in [0.05, 0.1) is 22.8 Å². The first-order valence-corrected chi connectivity index (χ1v) is 5.98. The molecular formula is C11H17BrN4O. The molecule has 0 amide bonds. The summed E-state index contributed by atoms with van der Waals surface area (Å²) < 4.78 is 0.930. The Bertz CT molecular complexity index is 431. The Morgan fingerprint density at radius 2 is 2.18 bits per heavy atom. The third-order valence-electron chi connectivity index (χ3n) is 2.38. The molecule has 0 fully saturated rings. The maximum absolute atomic E-state index is 8.98. The molecule has 1 aromatic rings. The van der Waals surface area contributed by atoms with Crippen LogP contribution in [0, 0.1) is 6.92 Å². The van der Waals surface area contributed by atoms with Gasteiger partial charge in [-0.1, -0.05) is 0 Å². The topological polar surface area (TPSA) is 88.4 Å². The third-order valence-corrected chi connectivity index (χ3v) is 3.22. The molecule has 0 unspecified atom stereocenters. The summed E-state index contributed by atoms with van der Waals surface area (Å²) >= 11 is 3.38. The molecule has 0 atom stereocenters. The zero-order valence-electron chi connectivity index (χ0n) is 9.94. The number of halogens is 1. The lowest BCUT2D eigenvalue weighted by Crippen LogP contribution is -2.28. The number of aryl methyl sites for hydroxylation is 1. The van der Waals surface area contributed by atoms with Gasteiger partial charge < -0.3 is 15.8 Å². The second-order valence-electron chi connectivity index (χ2n) is 3.71. The minimum Gasteiger partial charge on any atom is -0.396 e. The minimum atomic E-state index is -0.00686. The lowest BCUT2D eigenvalue weighted by Gasteiger charge is -2.19. The van der Waals surface area contributed by atoms with Crippen LogP contribution in [-0.4, -0.2) is 28.8 Å². The molecule has 5 N–H and O–H groups in total. The highest BCUT2D eigenvalue weighted by Crippen LogP contribution is 2.19. The SMILES string of the molecule is Cc1nc(/C(N)=C(\CCO)N(C)N)ccc1Br. The number of pyridine rings is 1. The molecule has 1 rings (SSSR count). The maximum Gasteiger partial charge on any atom is 0.0881 e. The van der Waals surface area contributed by atoms with Crippen molar-refractivity contribution in [2.24, 2.45) is 11.6 Å². The van der Waals surface area contributed by atoms with Crippen LogP contribution in [0.3, 0.4) is 0 Å². The van der Waals surface area contributed by atoms with Gasteiger partial charge in [0.15, 0.2) is 0 Å². The molecule has 0 aliphatic rings. The molecule has 94 valence electrons. The van der Waals surface area contributed by atoms with E-state index in [4.69, 9.17) is 16.7 Å². The second-order valence-corrected chi connectivity index (χ2v) is 4.56. The highest BCUT2D eigenvalue weighted by atomic mass is 79.9. The molecule has 0 aliphatic carbocycles. The first-order valence-electron chi connectivity index (χ1n) is 5.18. The first kappa shape index (κ1) is 14.0. The Morgan fingerprint density at radius 3 is 2.65 bits per heavy atom. The summed E-state index contributed by atoms with van der Waals surface area (Å²) in [6, 6.07) is 3.70. The van der Waals surface area contributed by atoms with Gasteiger partial charge in [0.1, 0.15) is 0 Å². The summed E-state index contributed by atoms with van der Waals surface area (Å²) in [5, 5.41) is 10.4. The minimum absolute atomic E-state index is 0.00686. The predicted molar refractivity (Wildman–Crippen MR) is 71.4 cm³/mol. The average molecular weight is 301 g/mol. The Balaban J connectivity index is 3.19. The molecule has 0 spiro atoms. The van der Waals surface area contributed by atoms with Crippen molar-refractivity contribution < 1.29 is 5.11 Å². The molecule has 17 heavy (non-hydrogen) atoms. The van der Waals surface area contributed by atoms with Gasteiger partial charge in [-0.3, -0.25) is 4.98 Å². The first-order chi connectivity index (χ1) is 7.97. The van der Waals surface area contributed by atoms with Crippen molar-refractivity contribution in [3.63, 3.8) is 0 Å². The van der Waals surface area contributed by atoms with Crippen LogP contribution in [0.4, 0.5) is 0 Å². The Hall–Kier alpha value is -1.11. The van der Waals surface area contributed by atoms with E-state index in [1.165, 1.54) is 5.01 Å². The lowest BCUT2D eigenvalue weighted by atomic mass is 10.2. The summed E-state index contributed by atoms with van der Waals surface area (Å²) in [6.45, 7) is 1.88. The molecule has 0 saturated heterocycles.